The Balaban J connectivity index is 0.000000140. The third-order valence-corrected chi connectivity index (χ3v) is 21.7. The van der Waals surface area contributed by atoms with E-state index in [0.29, 0.717) is 34.4 Å². The third kappa shape index (κ3) is 10.5. The van der Waals surface area contributed by atoms with E-state index in [1.807, 2.05) is 158 Å². The molecule has 0 bridgehead atoms. The highest BCUT2D eigenvalue weighted by atomic mass is 16.5. The van der Waals surface area contributed by atoms with Crippen LogP contribution in [0.5, 0.6) is 23.0 Å². The van der Waals surface area contributed by atoms with Crippen LogP contribution in [0, 0.1) is 22.7 Å². The Morgan fingerprint density at radius 1 is 0.191 bits per heavy atom. The van der Waals surface area contributed by atoms with E-state index in [-0.39, 0.29) is 0 Å². The van der Waals surface area contributed by atoms with Crippen molar-refractivity contribution in [3.63, 3.8) is 0 Å². The molecule has 0 radical (unpaired) electrons. The van der Waals surface area contributed by atoms with E-state index >= 15 is 0 Å². The van der Waals surface area contributed by atoms with Crippen molar-refractivity contribution in [3.05, 3.63) is 357 Å². The SMILES string of the molecule is N#Cc1ccc2c3c(cccc13)Oc1cc(-c3cc4c5ccccc5c(-c5nc(-c6ccccc6)cc(-c6ccccc6)n5)cc4c4ccccc34)ccc1-2.N#Cc1ccc2c3c(cccc13)Oc1cc(-c3cc4c5ccccc5c(-c5nc(-c6ccccc6)nc(-c6ccccc6)n5)cc4c4ccccc34)ccc1-2. The van der Waals surface area contributed by atoms with Crippen molar-refractivity contribution in [2.45, 2.75) is 0 Å². The Hall–Kier alpha value is -15.3. The second kappa shape index (κ2) is 25.8. The number of rotatable bonds is 8. The summed E-state index contributed by atoms with van der Waals surface area (Å²) >= 11 is 0. The van der Waals surface area contributed by atoms with Crippen molar-refractivity contribution in [2.75, 3.05) is 0 Å². The van der Waals surface area contributed by atoms with Crippen molar-refractivity contribution in [1.82, 2.24) is 24.9 Å². The lowest BCUT2D eigenvalue weighted by Crippen LogP contribution is -2.01. The van der Waals surface area contributed by atoms with Crippen LogP contribution < -0.4 is 9.47 Å². The van der Waals surface area contributed by atoms with E-state index in [1.165, 1.54) is 0 Å². The molecule has 0 saturated carbocycles. The highest BCUT2D eigenvalue weighted by Crippen LogP contribution is 2.53. The molecule has 22 rings (SSSR count). The Labute approximate surface area is 631 Å². The lowest BCUT2D eigenvalue weighted by molar-refractivity contribution is 0.487. The van der Waals surface area contributed by atoms with Crippen LogP contribution in [-0.4, -0.2) is 24.9 Å². The Morgan fingerprint density at radius 2 is 0.500 bits per heavy atom. The van der Waals surface area contributed by atoms with Gasteiger partial charge in [0.2, 0.25) is 0 Å². The third-order valence-electron chi connectivity index (χ3n) is 21.7. The molecule has 18 aromatic carbocycles. The lowest BCUT2D eigenvalue weighted by atomic mass is 9.87. The minimum atomic E-state index is 0.628. The number of benzene rings is 18. The van der Waals surface area contributed by atoms with Gasteiger partial charge in [-0.25, -0.2) is 24.9 Å². The number of nitriles is 2. The quantitative estimate of drug-likeness (QED) is 0.136. The predicted molar refractivity (Wildman–Crippen MR) is 446 cm³/mol. The molecule has 0 unspecified atom stereocenters. The monoisotopic (exact) mass is 1400 g/mol. The molecule has 20 aromatic rings. The van der Waals surface area contributed by atoms with Crippen LogP contribution in [0.4, 0.5) is 0 Å². The average molecular weight is 1400 g/mol. The molecule has 0 saturated heterocycles. The zero-order valence-electron chi connectivity index (χ0n) is 58.9. The minimum Gasteiger partial charge on any atom is -0.456 e. The molecular formula is C101H57N7O2. The summed E-state index contributed by atoms with van der Waals surface area (Å²) < 4.78 is 13.2. The summed E-state index contributed by atoms with van der Waals surface area (Å²) in [5.41, 5.74) is 17.5. The van der Waals surface area contributed by atoms with Gasteiger partial charge in [-0.05, 0) is 177 Å². The number of hydrogen-bond acceptors (Lipinski definition) is 9. The standard InChI is InChI=1S/C51H29N3O.C50H28N4O/c52-30-34-23-25-41-40-24-22-33(26-49(40)55-48-21-11-20-35(34)50(41)48)42-27-43-38-18-9-10-19-39(38)45(28-44(43)37-17-8-7-16-36(37)42)51-53-46(31-12-3-1-4-13-31)29-47(54-51)32-14-5-2-6-15-32;51-29-33-23-25-40-39-24-22-32(26-46(39)55-45-21-11-20-34(33)47(40)45)41-27-42-37-18-9-10-19-38(37)44(28-43(42)36-17-8-7-16-35(36)41)50-53-48(30-12-3-1-4-13-30)52-49(54-50)31-14-5-2-6-15-31/h1-29H;1-28H. The minimum absolute atomic E-state index is 0.628. The van der Waals surface area contributed by atoms with Gasteiger partial charge in [-0.2, -0.15) is 10.5 Å². The topological polar surface area (TPSA) is 130 Å². The van der Waals surface area contributed by atoms with Crippen LogP contribution in [-0.2, 0) is 0 Å². The number of aromatic nitrogens is 5. The van der Waals surface area contributed by atoms with Crippen LogP contribution in [0.1, 0.15) is 11.1 Å². The van der Waals surface area contributed by atoms with Gasteiger partial charge in [0.1, 0.15) is 23.0 Å². The van der Waals surface area contributed by atoms with E-state index in [1.54, 1.807) is 0 Å². The Bertz CT molecular complexity index is 6800. The van der Waals surface area contributed by atoms with Gasteiger partial charge in [0.05, 0.1) is 34.7 Å². The van der Waals surface area contributed by atoms with Crippen LogP contribution in [0.3, 0.4) is 0 Å². The fourth-order valence-electron chi connectivity index (χ4n) is 16.6. The average Bonchev–Trinajstić information content (AvgIpc) is 0.705. The zero-order valence-corrected chi connectivity index (χ0v) is 58.9. The van der Waals surface area contributed by atoms with Crippen LogP contribution in [0.15, 0.2) is 346 Å². The molecule has 508 valence electrons. The molecule has 2 aromatic heterocycles. The van der Waals surface area contributed by atoms with Gasteiger partial charge in [0.15, 0.2) is 23.3 Å². The molecule has 4 heterocycles. The zero-order chi connectivity index (χ0) is 72.9. The number of hydrogen-bond donors (Lipinski definition) is 0. The van der Waals surface area contributed by atoms with E-state index in [4.69, 9.17) is 34.4 Å². The van der Waals surface area contributed by atoms with Gasteiger partial charge < -0.3 is 9.47 Å². The van der Waals surface area contributed by atoms with Crippen molar-refractivity contribution in [2.24, 2.45) is 0 Å². The first-order valence-electron chi connectivity index (χ1n) is 36.6. The lowest BCUT2D eigenvalue weighted by Gasteiger charge is -2.23. The van der Waals surface area contributed by atoms with Gasteiger partial charge in [-0.1, -0.05) is 267 Å². The summed E-state index contributed by atoms with van der Waals surface area (Å²) in [6.45, 7) is 0. The number of nitrogens with zero attached hydrogens (tertiary/aromatic N) is 7. The summed E-state index contributed by atoms with van der Waals surface area (Å²) in [5, 5.41) is 36.9. The fourth-order valence-corrected chi connectivity index (χ4v) is 16.6. The second-order valence-electron chi connectivity index (χ2n) is 27.8. The molecule has 9 heteroatoms. The summed E-state index contributed by atoms with van der Waals surface area (Å²) in [7, 11) is 0. The Morgan fingerprint density at radius 3 is 0.882 bits per heavy atom. The number of fused-ring (bicyclic) bond motifs is 14. The molecular weight excluding hydrogens is 1340 g/mol. The van der Waals surface area contributed by atoms with Gasteiger partial charge in [-0.3, -0.25) is 0 Å². The van der Waals surface area contributed by atoms with E-state index in [9.17, 15) is 10.5 Å². The summed E-state index contributed by atoms with van der Waals surface area (Å²) in [5.74, 6) is 5.71. The van der Waals surface area contributed by atoms with Crippen molar-refractivity contribution in [3.8, 4) is 148 Å². The maximum atomic E-state index is 9.78. The highest BCUT2D eigenvalue weighted by Gasteiger charge is 2.27. The first-order valence-corrected chi connectivity index (χ1v) is 36.6. The molecule has 0 amide bonds. The fraction of sp³-hybridized carbons (Fsp3) is 0. The van der Waals surface area contributed by atoms with Crippen molar-refractivity contribution in [1.29, 1.82) is 10.5 Å². The molecule has 2 aliphatic rings. The van der Waals surface area contributed by atoms with E-state index in [0.717, 1.165) is 198 Å². The molecule has 2 aliphatic heterocycles. The maximum Gasteiger partial charge on any atom is 0.164 e. The highest BCUT2D eigenvalue weighted by molar-refractivity contribution is 6.26. The van der Waals surface area contributed by atoms with Gasteiger partial charge in [-0.15, -0.1) is 0 Å². The molecule has 9 nitrogen and oxygen atoms in total. The summed E-state index contributed by atoms with van der Waals surface area (Å²) in [4.78, 5) is 25.7. The van der Waals surface area contributed by atoms with Crippen LogP contribution >= 0.6 is 0 Å². The number of ether oxygens (including phenoxy) is 2. The van der Waals surface area contributed by atoms with E-state index < -0.39 is 0 Å². The smallest absolute Gasteiger partial charge is 0.164 e. The molecule has 0 N–H and O–H groups in total. The van der Waals surface area contributed by atoms with Gasteiger partial charge in [0, 0.05) is 66.1 Å². The molecule has 110 heavy (non-hydrogen) atoms. The van der Waals surface area contributed by atoms with E-state index in [2.05, 4.69) is 200 Å². The van der Waals surface area contributed by atoms with Gasteiger partial charge >= 0.3 is 0 Å². The predicted octanol–water partition coefficient (Wildman–Crippen LogP) is 26.2. The molecule has 0 aliphatic carbocycles. The maximum absolute atomic E-state index is 9.78. The largest absolute Gasteiger partial charge is 0.456 e. The molecule has 0 spiro atoms. The van der Waals surface area contributed by atoms with Crippen LogP contribution in [0.2, 0.25) is 0 Å². The van der Waals surface area contributed by atoms with Gasteiger partial charge in [0.25, 0.3) is 0 Å². The Kier molecular flexibility index (Phi) is 14.8. The second-order valence-corrected chi connectivity index (χ2v) is 27.8. The summed E-state index contributed by atoms with van der Waals surface area (Å²) in [6, 6.07) is 124. The normalized spacial score (nSPS) is 11.8. The first kappa shape index (κ1) is 63.2. The molecule has 0 fully saturated rings. The summed E-state index contributed by atoms with van der Waals surface area (Å²) in [6.07, 6.45) is 0. The molecule has 0 atom stereocenters. The van der Waals surface area contributed by atoms with Crippen molar-refractivity contribution >= 4 is 86.2 Å². The first-order chi connectivity index (χ1) is 54.4. The van der Waals surface area contributed by atoms with Crippen molar-refractivity contribution < 1.29 is 9.47 Å². The van der Waals surface area contributed by atoms with Crippen LogP contribution in [0.25, 0.3) is 199 Å².